The predicted octanol–water partition coefficient (Wildman–Crippen LogP) is 3.14. The fourth-order valence-corrected chi connectivity index (χ4v) is 2.59. The van der Waals surface area contributed by atoms with Gasteiger partial charge in [0.2, 0.25) is 0 Å². The van der Waals surface area contributed by atoms with Gasteiger partial charge in [-0.05, 0) is 31.2 Å². The van der Waals surface area contributed by atoms with E-state index in [1.54, 1.807) is 0 Å². The molecule has 0 unspecified atom stereocenters. The van der Waals surface area contributed by atoms with Crippen molar-refractivity contribution in [1.82, 2.24) is 20.2 Å². The average Bonchev–Trinajstić information content (AvgIpc) is 3.02. The Bertz CT molecular complexity index is 762. The minimum atomic E-state index is 0.623. The van der Waals surface area contributed by atoms with Crippen LogP contribution in [0.3, 0.4) is 0 Å². The smallest absolute Gasteiger partial charge is 0.127 e. The molecule has 2 aromatic heterocycles. The number of fused-ring (bicyclic) bond motifs is 1. The van der Waals surface area contributed by atoms with E-state index in [2.05, 4.69) is 39.4 Å². The molecular weight excluding hydrogens is 288 g/mol. The molecule has 1 aromatic carbocycles. The Balaban J connectivity index is 2.04. The van der Waals surface area contributed by atoms with Gasteiger partial charge in [-0.1, -0.05) is 34.9 Å². The normalized spacial score (nSPS) is 11.4. The van der Waals surface area contributed by atoms with Gasteiger partial charge in [0, 0.05) is 23.2 Å². The summed E-state index contributed by atoms with van der Waals surface area (Å²) in [5.41, 5.74) is 3.99. The van der Waals surface area contributed by atoms with Gasteiger partial charge < -0.3 is 9.88 Å². The van der Waals surface area contributed by atoms with Crippen LogP contribution in [0.4, 0.5) is 0 Å². The lowest BCUT2D eigenvalue weighted by molar-refractivity contribution is 0.300. The maximum Gasteiger partial charge on any atom is 0.127 e. The Morgan fingerprint density at radius 2 is 2.19 bits per heavy atom. The van der Waals surface area contributed by atoms with Crippen LogP contribution in [0.2, 0.25) is 5.02 Å². The highest BCUT2D eigenvalue weighted by Crippen LogP contribution is 2.25. The Morgan fingerprint density at radius 3 is 2.90 bits per heavy atom. The van der Waals surface area contributed by atoms with Crippen LogP contribution in [0.5, 0.6) is 0 Å². The van der Waals surface area contributed by atoms with Crippen molar-refractivity contribution in [2.45, 2.75) is 26.9 Å². The van der Waals surface area contributed by atoms with Crippen molar-refractivity contribution >= 4 is 22.5 Å². The Morgan fingerprint density at radius 1 is 1.33 bits per heavy atom. The molecule has 3 aromatic rings. The summed E-state index contributed by atoms with van der Waals surface area (Å²) in [6.45, 7) is 6.38. The van der Waals surface area contributed by atoms with Gasteiger partial charge in [-0.2, -0.15) is 0 Å². The van der Waals surface area contributed by atoms with Crippen LogP contribution in [0.25, 0.3) is 10.9 Å². The lowest BCUT2D eigenvalue weighted by Crippen LogP contribution is -2.11. The van der Waals surface area contributed by atoms with Gasteiger partial charge in [-0.25, -0.2) is 4.63 Å². The molecule has 5 nitrogen and oxygen atoms in total. The number of aryl methyl sites for hydroxylation is 1. The van der Waals surface area contributed by atoms with E-state index in [0.29, 0.717) is 6.54 Å². The summed E-state index contributed by atoms with van der Waals surface area (Å²) in [6.07, 6.45) is 2.14. The number of hydrogen-bond acceptors (Lipinski definition) is 4. The second-order valence-corrected chi connectivity index (χ2v) is 5.46. The number of hydrogen-bond donors (Lipinski definition) is 1. The van der Waals surface area contributed by atoms with Crippen molar-refractivity contribution in [3.05, 3.63) is 46.4 Å². The molecule has 0 aliphatic heterocycles. The Hall–Kier alpha value is -1.85. The van der Waals surface area contributed by atoms with Crippen molar-refractivity contribution in [3.8, 4) is 0 Å². The lowest BCUT2D eigenvalue weighted by atomic mass is 10.2. The first kappa shape index (κ1) is 14.1. The molecule has 0 aliphatic rings. The molecule has 0 spiro atoms. The molecule has 0 radical (unpaired) electrons. The highest BCUT2D eigenvalue weighted by atomic mass is 35.5. The quantitative estimate of drug-likeness (QED) is 0.787. The van der Waals surface area contributed by atoms with Crippen LogP contribution < -0.4 is 5.32 Å². The molecule has 0 fully saturated rings. The van der Waals surface area contributed by atoms with E-state index in [1.165, 1.54) is 10.9 Å². The number of rotatable bonds is 5. The zero-order valence-electron chi connectivity index (χ0n) is 12.1. The Labute approximate surface area is 127 Å². The SMILES string of the molecule is CCNCc1cn(Cc2nonc2C)c2cc(Cl)ccc12. The summed E-state index contributed by atoms with van der Waals surface area (Å²) in [7, 11) is 0. The van der Waals surface area contributed by atoms with E-state index in [4.69, 9.17) is 16.2 Å². The van der Waals surface area contributed by atoms with E-state index < -0.39 is 0 Å². The molecule has 0 atom stereocenters. The topological polar surface area (TPSA) is 55.9 Å². The number of benzene rings is 1. The first-order valence-electron chi connectivity index (χ1n) is 6.95. The van der Waals surface area contributed by atoms with E-state index in [-0.39, 0.29) is 0 Å². The number of aromatic nitrogens is 3. The van der Waals surface area contributed by atoms with Crippen LogP contribution in [-0.4, -0.2) is 21.4 Å². The highest BCUT2D eigenvalue weighted by molar-refractivity contribution is 6.31. The van der Waals surface area contributed by atoms with Gasteiger partial charge in [0.05, 0.1) is 12.1 Å². The van der Waals surface area contributed by atoms with Gasteiger partial charge in [-0.3, -0.25) is 0 Å². The van der Waals surface area contributed by atoms with Crippen LogP contribution in [0, 0.1) is 6.92 Å². The van der Waals surface area contributed by atoms with Crippen molar-refractivity contribution in [2.75, 3.05) is 6.54 Å². The summed E-state index contributed by atoms with van der Waals surface area (Å²) >= 11 is 6.14. The van der Waals surface area contributed by atoms with Crippen LogP contribution in [0.15, 0.2) is 29.0 Å². The van der Waals surface area contributed by atoms with Crippen LogP contribution >= 0.6 is 11.6 Å². The van der Waals surface area contributed by atoms with Crippen molar-refractivity contribution in [1.29, 1.82) is 0 Å². The third kappa shape index (κ3) is 2.80. The summed E-state index contributed by atoms with van der Waals surface area (Å²) in [5, 5.41) is 13.1. The summed E-state index contributed by atoms with van der Waals surface area (Å²) in [6, 6.07) is 5.97. The average molecular weight is 305 g/mol. The molecular formula is C15H17ClN4O. The predicted molar refractivity (Wildman–Crippen MR) is 82.5 cm³/mol. The second kappa shape index (κ2) is 5.87. The molecule has 0 saturated carbocycles. The number of nitrogens with one attached hydrogen (secondary N) is 1. The minimum Gasteiger partial charge on any atom is -0.341 e. The standard InChI is InChI=1S/C15H17ClN4O/c1-3-17-7-11-8-20(9-14-10(2)18-21-19-14)15-6-12(16)4-5-13(11)15/h4-6,8,17H,3,7,9H2,1-2H3. The number of nitrogens with zero attached hydrogens (tertiary/aromatic N) is 3. The molecule has 110 valence electrons. The summed E-state index contributed by atoms with van der Waals surface area (Å²) in [4.78, 5) is 0. The van der Waals surface area contributed by atoms with Crippen LogP contribution in [0.1, 0.15) is 23.9 Å². The largest absolute Gasteiger partial charge is 0.341 e. The van der Waals surface area contributed by atoms with E-state index in [0.717, 1.165) is 35.0 Å². The van der Waals surface area contributed by atoms with E-state index in [9.17, 15) is 0 Å². The Kier molecular flexibility index (Phi) is 3.94. The van der Waals surface area contributed by atoms with Gasteiger partial charge in [-0.15, -0.1) is 0 Å². The highest BCUT2D eigenvalue weighted by Gasteiger charge is 2.12. The van der Waals surface area contributed by atoms with Gasteiger partial charge in [0.15, 0.2) is 0 Å². The molecule has 0 saturated heterocycles. The first-order valence-corrected chi connectivity index (χ1v) is 7.33. The van der Waals surface area contributed by atoms with Gasteiger partial charge >= 0.3 is 0 Å². The zero-order chi connectivity index (χ0) is 14.8. The maximum atomic E-state index is 6.14. The van der Waals surface area contributed by atoms with Crippen molar-refractivity contribution in [2.24, 2.45) is 0 Å². The maximum absolute atomic E-state index is 6.14. The van der Waals surface area contributed by atoms with Gasteiger partial charge in [0.1, 0.15) is 11.4 Å². The van der Waals surface area contributed by atoms with Gasteiger partial charge in [0.25, 0.3) is 0 Å². The molecule has 6 heteroatoms. The monoisotopic (exact) mass is 304 g/mol. The fraction of sp³-hybridized carbons (Fsp3) is 0.333. The van der Waals surface area contributed by atoms with Crippen LogP contribution in [-0.2, 0) is 13.1 Å². The number of halogens is 1. The van der Waals surface area contributed by atoms with Crippen molar-refractivity contribution < 1.29 is 4.63 Å². The van der Waals surface area contributed by atoms with E-state index >= 15 is 0 Å². The third-order valence-electron chi connectivity index (χ3n) is 3.56. The molecule has 0 amide bonds. The minimum absolute atomic E-state index is 0.623. The lowest BCUT2D eigenvalue weighted by Gasteiger charge is -2.02. The first-order chi connectivity index (χ1) is 10.2. The second-order valence-electron chi connectivity index (χ2n) is 5.02. The summed E-state index contributed by atoms with van der Waals surface area (Å²) < 4.78 is 6.91. The molecule has 0 aliphatic carbocycles. The molecule has 3 rings (SSSR count). The molecule has 1 N–H and O–H groups in total. The zero-order valence-corrected chi connectivity index (χ0v) is 12.8. The third-order valence-corrected chi connectivity index (χ3v) is 3.79. The molecule has 2 heterocycles. The molecule has 0 bridgehead atoms. The van der Waals surface area contributed by atoms with E-state index in [1.807, 2.05) is 19.1 Å². The molecule has 21 heavy (non-hydrogen) atoms. The van der Waals surface area contributed by atoms with Crippen molar-refractivity contribution in [3.63, 3.8) is 0 Å². The fourth-order valence-electron chi connectivity index (χ4n) is 2.43. The summed E-state index contributed by atoms with van der Waals surface area (Å²) in [5.74, 6) is 0.